The molecule has 3 heteroatoms. The molecule has 2 rings (SSSR count). The maximum Gasteiger partial charge on any atom is 0.127 e. The molecule has 0 radical (unpaired) electrons. The zero-order valence-corrected chi connectivity index (χ0v) is 13.3. The highest BCUT2D eigenvalue weighted by Gasteiger charge is 1.98. The Bertz CT molecular complexity index is 459. The molecule has 0 heterocycles. The van der Waals surface area contributed by atoms with Crippen molar-refractivity contribution in [1.29, 1.82) is 0 Å². The second-order valence-electron chi connectivity index (χ2n) is 3.86. The molecule has 1 unspecified atom stereocenters. The van der Waals surface area contributed by atoms with Crippen molar-refractivity contribution in [3.63, 3.8) is 0 Å². The first kappa shape index (κ1) is 15.2. The average molecular weight is 325 g/mol. The van der Waals surface area contributed by atoms with Gasteiger partial charge in [-0.2, -0.15) is 9.90 Å². The first-order valence-corrected chi connectivity index (χ1v) is 6.88. The second-order valence-corrected chi connectivity index (χ2v) is 4.65. The minimum absolute atomic E-state index is 0. The molecular formula is C15H18BrOP. The fourth-order valence-corrected chi connectivity index (χ4v) is 1.94. The van der Waals surface area contributed by atoms with Crippen LogP contribution in [0.2, 0.25) is 0 Å². The Morgan fingerprint density at radius 2 is 1.61 bits per heavy atom. The molecule has 96 valence electrons. The fourth-order valence-electron chi connectivity index (χ4n) is 1.66. The maximum atomic E-state index is 5.79. The third-order valence-corrected chi connectivity index (χ3v) is 3.04. The van der Waals surface area contributed by atoms with Crippen LogP contribution in [0.25, 0.3) is 0 Å². The molecule has 1 nitrogen and oxygen atoms in total. The van der Waals surface area contributed by atoms with Crippen molar-refractivity contribution in [2.45, 2.75) is 12.8 Å². The van der Waals surface area contributed by atoms with E-state index in [0.717, 1.165) is 29.7 Å². The van der Waals surface area contributed by atoms with E-state index in [4.69, 9.17) is 4.74 Å². The first-order valence-electron chi connectivity index (χ1n) is 5.76. The number of benzene rings is 2. The van der Waals surface area contributed by atoms with E-state index in [9.17, 15) is 0 Å². The van der Waals surface area contributed by atoms with Gasteiger partial charge in [-0.15, -0.1) is 0 Å². The lowest BCUT2D eigenvalue weighted by atomic mass is 10.1. The SMILES string of the molecule is BrCCCc1cccc(Oc2ccccc2)c1.P. The van der Waals surface area contributed by atoms with Gasteiger partial charge in [-0.3, -0.25) is 0 Å². The van der Waals surface area contributed by atoms with E-state index in [2.05, 4.69) is 28.1 Å². The van der Waals surface area contributed by atoms with E-state index >= 15 is 0 Å². The zero-order valence-electron chi connectivity index (χ0n) is 10.3. The molecule has 0 fully saturated rings. The van der Waals surface area contributed by atoms with Gasteiger partial charge < -0.3 is 4.74 Å². The molecule has 0 aliphatic carbocycles. The van der Waals surface area contributed by atoms with Gasteiger partial charge in [0.25, 0.3) is 0 Å². The van der Waals surface area contributed by atoms with Crippen molar-refractivity contribution in [3.8, 4) is 11.5 Å². The van der Waals surface area contributed by atoms with Crippen LogP contribution in [-0.4, -0.2) is 5.33 Å². The summed E-state index contributed by atoms with van der Waals surface area (Å²) in [5.74, 6) is 1.79. The van der Waals surface area contributed by atoms with Crippen LogP contribution in [0.1, 0.15) is 12.0 Å². The summed E-state index contributed by atoms with van der Waals surface area (Å²) < 4.78 is 5.79. The van der Waals surface area contributed by atoms with Gasteiger partial charge in [0.15, 0.2) is 0 Å². The summed E-state index contributed by atoms with van der Waals surface area (Å²) in [6.07, 6.45) is 2.23. The smallest absolute Gasteiger partial charge is 0.127 e. The van der Waals surface area contributed by atoms with Gasteiger partial charge in [-0.25, -0.2) is 0 Å². The summed E-state index contributed by atoms with van der Waals surface area (Å²) in [6, 6.07) is 18.1. The number of hydrogen-bond donors (Lipinski definition) is 0. The predicted molar refractivity (Wildman–Crippen MR) is 86.2 cm³/mol. The molecule has 0 saturated carbocycles. The topological polar surface area (TPSA) is 9.23 Å². The number of para-hydroxylation sites is 1. The third kappa shape index (κ3) is 4.80. The van der Waals surface area contributed by atoms with Gasteiger partial charge in [0.05, 0.1) is 0 Å². The molecule has 0 aliphatic heterocycles. The Labute approximate surface area is 120 Å². The van der Waals surface area contributed by atoms with Crippen LogP contribution in [0, 0.1) is 0 Å². The average Bonchev–Trinajstić information content (AvgIpc) is 2.38. The summed E-state index contributed by atoms with van der Waals surface area (Å²) >= 11 is 3.45. The van der Waals surface area contributed by atoms with Crippen molar-refractivity contribution in [2.24, 2.45) is 0 Å². The third-order valence-electron chi connectivity index (χ3n) is 2.48. The summed E-state index contributed by atoms with van der Waals surface area (Å²) in [4.78, 5) is 0. The van der Waals surface area contributed by atoms with E-state index in [1.54, 1.807) is 0 Å². The van der Waals surface area contributed by atoms with E-state index in [-0.39, 0.29) is 9.90 Å². The Hall–Kier alpha value is -0.850. The Balaban J connectivity index is 0.00000162. The van der Waals surface area contributed by atoms with Crippen LogP contribution in [0.3, 0.4) is 0 Å². The zero-order chi connectivity index (χ0) is 11.9. The van der Waals surface area contributed by atoms with Crippen LogP contribution >= 0.6 is 25.8 Å². The number of alkyl halides is 1. The van der Waals surface area contributed by atoms with Crippen molar-refractivity contribution in [1.82, 2.24) is 0 Å². The lowest BCUT2D eigenvalue weighted by Gasteiger charge is -2.07. The van der Waals surface area contributed by atoms with Crippen LogP contribution in [0.5, 0.6) is 11.5 Å². The number of ether oxygens (including phenoxy) is 1. The molecular weight excluding hydrogens is 307 g/mol. The molecule has 0 N–H and O–H groups in total. The Morgan fingerprint density at radius 1 is 0.889 bits per heavy atom. The van der Waals surface area contributed by atoms with Gasteiger partial charge in [0.1, 0.15) is 11.5 Å². The maximum absolute atomic E-state index is 5.79. The van der Waals surface area contributed by atoms with E-state index in [1.165, 1.54) is 5.56 Å². The van der Waals surface area contributed by atoms with Gasteiger partial charge in [-0.05, 0) is 42.7 Å². The highest BCUT2D eigenvalue weighted by atomic mass is 79.9. The molecule has 0 spiro atoms. The molecule has 0 aliphatic rings. The number of halogens is 1. The Kier molecular flexibility index (Phi) is 7.00. The number of aryl methyl sites for hydroxylation is 1. The molecule has 2 aromatic rings. The Morgan fingerprint density at radius 3 is 2.33 bits per heavy atom. The first-order chi connectivity index (χ1) is 8.38. The molecule has 0 amide bonds. The molecule has 2 aromatic carbocycles. The van der Waals surface area contributed by atoms with E-state index in [0.29, 0.717) is 0 Å². The summed E-state index contributed by atoms with van der Waals surface area (Å²) in [6.45, 7) is 0. The molecule has 1 atom stereocenters. The summed E-state index contributed by atoms with van der Waals surface area (Å²) in [7, 11) is 0. The van der Waals surface area contributed by atoms with Crippen LogP contribution in [-0.2, 0) is 6.42 Å². The summed E-state index contributed by atoms with van der Waals surface area (Å²) in [5, 5.41) is 1.04. The molecule has 0 bridgehead atoms. The van der Waals surface area contributed by atoms with Crippen LogP contribution in [0.4, 0.5) is 0 Å². The molecule has 18 heavy (non-hydrogen) atoms. The van der Waals surface area contributed by atoms with E-state index < -0.39 is 0 Å². The number of hydrogen-bond acceptors (Lipinski definition) is 1. The minimum atomic E-state index is 0. The van der Waals surface area contributed by atoms with Crippen LogP contribution < -0.4 is 4.74 Å². The van der Waals surface area contributed by atoms with Gasteiger partial charge >= 0.3 is 0 Å². The normalized spacial score (nSPS) is 9.61. The van der Waals surface area contributed by atoms with Crippen molar-refractivity contribution < 1.29 is 4.74 Å². The summed E-state index contributed by atoms with van der Waals surface area (Å²) in [5.41, 5.74) is 1.32. The van der Waals surface area contributed by atoms with Crippen molar-refractivity contribution in [3.05, 3.63) is 60.2 Å². The van der Waals surface area contributed by atoms with Crippen molar-refractivity contribution in [2.75, 3.05) is 5.33 Å². The van der Waals surface area contributed by atoms with Crippen molar-refractivity contribution >= 4 is 25.8 Å². The van der Waals surface area contributed by atoms with Gasteiger partial charge in [0.2, 0.25) is 0 Å². The minimum Gasteiger partial charge on any atom is -0.457 e. The fraction of sp³-hybridized carbons (Fsp3) is 0.200. The van der Waals surface area contributed by atoms with Gasteiger partial charge in [0, 0.05) is 5.33 Å². The van der Waals surface area contributed by atoms with Gasteiger partial charge in [-0.1, -0.05) is 46.3 Å². The standard InChI is InChI=1S/C15H15BrO.H3P/c16-11-5-7-13-6-4-10-15(12-13)17-14-8-2-1-3-9-14;/h1-4,6,8-10,12H,5,7,11H2;1H3. The highest BCUT2D eigenvalue weighted by Crippen LogP contribution is 2.22. The molecule has 0 aromatic heterocycles. The predicted octanol–water partition coefficient (Wildman–Crippen LogP) is 4.86. The molecule has 0 saturated heterocycles. The largest absolute Gasteiger partial charge is 0.457 e. The lowest BCUT2D eigenvalue weighted by molar-refractivity contribution is 0.482. The highest BCUT2D eigenvalue weighted by molar-refractivity contribution is 9.09. The second kappa shape index (κ2) is 8.29. The number of rotatable bonds is 5. The monoisotopic (exact) mass is 324 g/mol. The van der Waals surface area contributed by atoms with E-state index in [1.807, 2.05) is 42.5 Å². The quantitative estimate of drug-likeness (QED) is 0.563. The van der Waals surface area contributed by atoms with Crippen LogP contribution in [0.15, 0.2) is 54.6 Å². The lowest BCUT2D eigenvalue weighted by Crippen LogP contribution is -1.88.